The summed E-state index contributed by atoms with van der Waals surface area (Å²) >= 11 is 0. The van der Waals surface area contributed by atoms with Gasteiger partial charge in [-0.15, -0.1) is 8.80 Å². The van der Waals surface area contributed by atoms with Gasteiger partial charge in [0.15, 0.2) is 11.6 Å². The number of unbranched alkanes of at least 4 members (excludes halogenated alkanes) is 2. The Morgan fingerprint density at radius 3 is 1.21 bits per heavy atom. The fourth-order valence-corrected chi connectivity index (χ4v) is 20.3. The molecule has 2 aliphatic carbocycles. The second-order valence-corrected chi connectivity index (χ2v) is 38.5. The number of sulfonamides is 4. The Kier molecular flexibility index (Phi) is 31.0. The number of aliphatic carboxylic acids is 1. The summed E-state index contributed by atoms with van der Waals surface area (Å²) in [5.41, 5.74) is 27.3. The standard InChI is InChI=1S/C42H56N6O8S2.C35H48N4O9S2.C7H10N2/c1-25-15-21-31(22-16-25)57(52,53)45-24-36(49)32-11-10-12-33(32)40(50)47-35(41(51)46-30-19-17-29(44-7)18-20-30)13-8-9-14-37(43)48-58(54,55)39-27(3)26(2)38-34(28(39)4)23-42(5,6)56-38;1-20-14-16-24(17-15-20)49(44,45)37-19-29(40)25-10-9-11-26(25)33(41)38-28(34(42)43)12-7-8-13-30(36)39-50(46,47)32-22(3)21(2)31-27(23(32)4)18-35(5,6)48-31;1-9-7-4-2-6(8)3-5-7/h15-22,32-33,35,44-45H,8-14,23-24H2,1-7H3,(H2,43,48)(H,46,51)(H,47,50);14-17,25-26,28,37H,7-13,18-19H2,1-6H3,(H2,36,39)(H,38,41)(H,42,43);2-5,9H,8H2,1H3/t32?,33-,35+;25?,26-,28+;/m11./s1. The van der Waals surface area contributed by atoms with Gasteiger partial charge >= 0.3 is 5.97 Å². The van der Waals surface area contributed by atoms with Gasteiger partial charge < -0.3 is 58.4 Å². The minimum Gasteiger partial charge on any atom is -0.487 e. The fraction of sp³-hybridized carbons (Fsp3) is 0.476. The molecular weight excluding hydrogens is 1580 g/mol. The summed E-state index contributed by atoms with van der Waals surface area (Å²) in [7, 11) is -12.5. The van der Waals surface area contributed by atoms with Crippen molar-refractivity contribution < 1.29 is 77.0 Å². The quantitative estimate of drug-likeness (QED) is 0.00789. The molecular formula is C84H114N12O17S4. The van der Waals surface area contributed by atoms with Crippen LogP contribution in [0.3, 0.4) is 0 Å². The lowest BCUT2D eigenvalue weighted by atomic mass is 9.90. The number of hydrogen-bond acceptors (Lipinski definition) is 19. The maximum Gasteiger partial charge on any atom is 0.326 e. The molecule has 2 aliphatic heterocycles. The molecule has 636 valence electrons. The largest absolute Gasteiger partial charge is 0.487 e. The SMILES string of the molecule is CNc1ccc(N)cc1.CNc1ccc(NC(=O)[C@H](CCCCC(N)=NS(=O)(=O)c2c(C)c(C)c3c(c2C)CC(C)(C)O3)NC(=O)[C@@H]2CCCC2C(=O)CNS(=O)(=O)c2ccc(C)cc2)cc1.Cc1ccc(S(=O)(=O)NCC(=O)C2CCC[C@H]2C(=O)N[C@@H](CCCCC(N)=NS(=O)(=O)c2c(C)c(C)c3c(c2C)CC(C)(C)O3)C(=O)O)cc1. The van der Waals surface area contributed by atoms with Crippen LogP contribution in [-0.2, 0) is 81.7 Å². The molecule has 0 saturated heterocycles. The molecule has 3 amide bonds. The number of carbonyl (C=O) groups excluding carboxylic acids is 5. The Balaban J connectivity index is 0.000000265. The zero-order chi connectivity index (χ0) is 86.4. The summed E-state index contributed by atoms with van der Waals surface area (Å²) in [4.78, 5) is 79.3. The van der Waals surface area contributed by atoms with Crippen molar-refractivity contribution in [2.75, 3.05) is 48.9 Å². The maximum atomic E-state index is 13.8. The predicted octanol–water partition coefficient (Wildman–Crippen LogP) is 10.5. The molecule has 2 unspecified atom stereocenters. The van der Waals surface area contributed by atoms with E-state index in [-0.39, 0.29) is 56.9 Å². The average Bonchev–Trinajstić information content (AvgIpc) is 1.64. The van der Waals surface area contributed by atoms with Crippen molar-refractivity contribution in [3.05, 3.63) is 153 Å². The van der Waals surface area contributed by atoms with Crippen molar-refractivity contribution >= 4 is 110 Å². The number of ether oxygens (including phenoxy) is 2. The smallest absolute Gasteiger partial charge is 0.326 e. The number of amides is 3. The van der Waals surface area contributed by atoms with E-state index < -0.39 is 135 Å². The number of ketones is 2. The number of nitrogens with zero attached hydrogens (tertiary/aromatic N) is 2. The van der Waals surface area contributed by atoms with Crippen molar-refractivity contribution in [2.45, 2.75) is 229 Å². The predicted molar refractivity (Wildman–Crippen MR) is 454 cm³/mol. The highest BCUT2D eigenvalue weighted by molar-refractivity contribution is 7.91. The van der Waals surface area contributed by atoms with Crippen LogP contribution in [-0.4, -0.2) is 136 Å². The molecule has 2 saturated carbocycles. The molecule has 4 aliphatic rings. The highest BCUT2D eigenvalue weighted by Crippen LogP contribution is 2.46. The normalized spacial score (nSPS) is 18.0. The lowest BCUT2D eigenvalue weighted by molar-refractivity contribution is -0.143. The van der Waals surface area contributed by atoms with Crippen LogP contribution in [0, 0.1) is 79.1 Å². The van der Waals surface area contributed by atoms with Crippen molar-refractivity contribution in [1.29, 1.82) is 0 Å². The first-order chi connectivity index (χ1) is 54.8. The molecule has 0 bridgehead atoms. The number of anilines is 4. The third kappa shape index (κ3) is 24.2. The van der Waals surface area contributed by atoms with E-state index in [1.54, 1.807) is 83.3 Å². The van der Waals surface area contributed by atoms with Gasteiger partial charge in [0.2, 0.25) is 37.8 Å². The number of carboxylic acid groups (broad SMARTS) is 1. The summed E-state index contributed by atoms with van der Waals surface area (Å²) < 4.78 is 130. The number of amidine groups is 2. The molecule has 14 N–H and O–H groups in total. The molecule has 29 nitrogen and oxygen atoms in total. The first kappa shape index (κ1) is 92.7. The number of nitrogen functional groups attached to an aromatic ring is 1. The minimum absolute atomic E-state index is 0.0228. The van der Waals surface area contributed by atoms with Gasteiger partial charge in [0.1, 0.15) is 46.5 Å². The van der Waals surface area contributed by atoms with Crippen LogP contribution in [0.15, 0.2) is 125 Å². The van der Waals surface area contributed by atoms with Gasteiger partial charge in [0.05, 0.1) is 32.7 Å². The zero-order valence-corrected chi connectivity index (χ0v) is 72.4. The average molecular weight is 1690 g/mol. The van der Waals surface area contributed by atoms with Crippen LogP contribution in [0.1, 0.15) is 173 Å². The second-order valence-electron chi connectivity index (χ2n) is 31.9. The number of Topliss-reactive ketones (excluding diaryl/α,β-unsaturated/α-hetero) is 2. The Morgan fingerprint density at radius 2 is 0.829 bits per heavy atom. The summed E-state index contributed by atoms with van der Waals surface area (Å²) in [5, 5.41) is 24.1. The molecule has 0 radical (unpaired) electrons. The molecule has 6 atom stereocenters. The van der Waals surface area contributed by atoms with E-state index in [2.05, 4.69) is 44.8 Å². The number of aryl methyl sites for hydroxylation is 2. The Labute approximate surface area is 688 Å². The number of carbonyl (C=O) groups is 6. The molecule has 33 heteroatoms. The molecule has 117 heavy (non-hydrogen) atoms. The molecule has 6 aromatic carbocycles. The summed E-state index contributed by atoms with van der Waals surface area (Å²) in [5.74, 6) is -5.37. The summed E-state index contributed by atoms with van der Waals surface area (Å²) in [6.07, 6.45) is 5.67. The van der Waals surface area contributed by atoms with Gasteiger partial charge in [-0.3, -0.25) is 24.0 Å². The summed E-state index contributed by atoms with van der Waals surface area (Å²) in [6.45, 7) is 21.1. The van der Waals surface area contributed by atoms with E-state index in [9.17, 15) is 67.5 Å². The molecule has 10 rings (SSSR count). The summed E-state index contributed by atoms with van der Waals surface area (Å²) in [6, 6.07) is 24.9. The number of rotatable bonds is 33. The van der Waals surface area contributed by atoms with Crippen LogP contribution in [0.5, 0.6) is 11.5 Å². The van der Waals surface area contributed by atoms with Gasteiger partial charge in [0, 0.05) is 97.3 Å². The van der Waals surface area contributed by atoms with E-state index in [0.29, 0.717) is 116 Å². The first-order valence-corrected chi connectivity index (χ1v) is 45.1. The first-order valence-electron chi connectivity index (χ1n) is 39.2. The molecule has 2 fully saturated rings. The van der Waals surface area contributed by atoms with Crippen molar-refractivity contribution in [3.8, 4) is 11.5 Å². The Morgan fingerprint density at radius 1 is 0.479 bits per heavy atom. The third-order valence-electron chi connectivity index (χ3n) is 21.9. The molecule has 0 aromatic heterocycles. The fourth-order valence-electron chi connectivity index (χ4n) is 15.3. The van der Waals surface area contributed by atoms with E-state index >= 15 is 0 Å². The number of benzene rings is 6. The topological polar surface area (TPSA) is 465 Å². The van der Waals surface area contributed by atoms with E-state index in [0.717, 1.165) is 50.4 Å². The van der Waals surface area contributed by atoms with Gasteiger partial charge in [-0.1, -0.05) is 61.1 Å². The maximum absolute atomic E-state index is 13.8. The second kappa shape index (κ2) is 39.2. The Hall–Kier alpha value is -9.80. The highest BCUT2D eigenvalue weighted by Gasteiger charge is 2.43. The molecule has 6 aromatic rings. The van der Waals surface area contributed by atoms with Crippen LogP contribution < -0.4 is 62.7 Å². The van der Waals surface area contributed by atoms with E-state index in [1.165, 1.54) is 24.3 Å². The number of fused-ring (bicyclic) bond motifs is 2. The van der Waals surface area contributed by atoms with Gasteiger partial charge in [-0.05, 0) is 241 Å². The van der Waals surface area contributed by atoms with Crippen LogP contribution in [0.2, 0.25) is 0 Å². The van der Waals surface area contributed by atoms with E-state index in [1.807, 2.05) is 86.7 Å². The van der Waals surface area contributed by atoms with Gasteiger partial charge in [-0.2, -0.15) is 16.8 Å². The molecule has 0 spiro atoms. The number of carboxylic acids is 1. The van der Waals surface area contributed by atoms with Gasteiger partial charge in [0.25, 0.3) is 20.0 Å². The van der Waals surface area contributed by atoms with E-state index in [4.69, 9.17) is 26.7 Å². The van der Waals surface area contributed by atoms with Gasteiger partial charge in [-0.25, -0.2) is 31.1 Å². The number of nitrogens with two attached hydrogens (primary N) is 3. The molecule has 2 heterocycles. The lowest BCUT2D eigenvalue weighted by Gasteiger charge is -2.23. The van der Waals surface area contributed by atoms with Crippen LogP contribution in [0.25, 0.3) is 0 Å². The van der Waals surface area contributed by atoms with Crippen molar-refractivity contribution in [1.82, 2.24) is 20.1 Å². The highest BCUT2D eigenvalue weighted by atomic mass is 32.2. The lowest BCUT2D eigenvalue weighted by Crippen LogP contribution is -2.47. The van der Waals surface area contributed by atoms with Crippen LogP contribution >= 0.6 is 0 Å². The Bertz CT molecular complexity index is 5210. The monoisotopic (exact) mass is 1690 g/mol. The number of nitrogens with one attached hydrogen (secondary N) is 7. The van der Waals surface area contributed by atoms with Crippen molar-refractivity contribution in [2.24, 2.45) is 43.9 Å². The number of hydrogen-bond donors (Lipinski definition) is 11. The minimum atomic E-state index is -4.16. The van der Waals surface area contributed by atoms with Crippen molar-refractivity contribution in [3.63, 3.8) is 0 Å². The van der Waals surface area contributed by atoms with Crippen LogP contribution in [0.4, 0.5) is 22.7 Å². The zero-order valence-electron chi connectivity index (χ0n) is 69.2. The third-order valence-corrected chi connectivity index (χ3v) is 27.9.